The fraction of sp³-hybridized carbons (Fsp3) is 0.625. The van der Waals surface area contributed by atoms with Crippen LogP contribution in [0, 0.1) is 5.92 Å². The molecule has 2 heterocycles. The number of morpholine rings is 1. The first-order valence-electron chi connectivity index (χ1n) is 7.51. The predicted molar refractivity (Wildman–Crippen MR) is 78.6 cm³/mol. The maximum absolute atomic E-state index is 5.75. The summed E-state index contributed by atoms with van der Waals surface area (Å²) in [5.74, 6) is 0.727. The third-order valence-corrected chi connectivity index (χ3v) is 4.30. The standard InChI is InChI=1S/C16H24N2O/c1-2-15-12-18(7-8-19-15)11-13-9-14-5-3-4-6-16(14)17-10-13/h3-6,13,15,17H,2,7-12H2,1H3. The van der Waals surface area contributed by atoms with E-state index < -0.39 is 0 Å². The van der Waals surface area contributed by atoms with Crippen LogP contribution < -0.4 is 5.32 Å². The van der Waals surface area contributed by atoms with Gasteiger partial charge in [-0.25, -0.2) is 0 Å². The number of fused-ring (bicyclic) bond motifs is 1. The summed E-state index contributed by atoms with van der Waals surface area (Å²) < 4.78 is 5.75. The second kappa shape index (κ2) is 5.93. The van der Waals surface area contributed by atoms with Gasteiger partial charge in [0.2, 0.25) is 0 Å². The molecule has 0 aliphatic carbocycles. The van der Waals surface area contributed by atoms with E-state index in [0.717, 1.165) is 38.6 Å². The third-order valence-electron chi connectivity index (χ3n) is 4.30. The minimum atomic E-state index is 0.442. The molecular formula is C16H24N2O. The van der Waals surface area contributed by atoms with Crippen LogP contribution in [0.15, 0.2) is 24.3 Å². The van der Waals surface area contributed by atoms with E-state index in [1.54, 1.807) is 0 Å². The highest BCUT2D eigenvalue weighted by atomic mass is 16.5. The summed E-state index contributed by atoms with van der Waals surface area (Å²) in [5.41, 5.74) is 2.80. The lowest BCUT2D eigenvalue weighted by molar-refractivity contribution is -0.0336. The van der Waals surface area contributed by atoms with Crippen molar-refractivity contribution in [3.05, 3.63) is 29.8 Å². The number of hydrogen-bond acceptors (Lipinski definition) is 3. The second-order valence-corrected chi connectivity index (χ2v) is 5.77. The molecule has 2 atom stereocenters. The van der Waals surface area contributed by atoms with Gasteiger partial charge < -0.3 is 10.1 Å². The van der Waals surface area contributed by atoms with Gasteiger partial charge in [0.15, 0.2) is 0 Å². The number of para-hydroxylation sites is 1. The molecule has 0 saturated carbocycles. The summed E-state index contributed by atoms with van der Waals surface area (Å²) in [6.45, 7) is 7.61. The number of hydrogen-bond donors (Lipinski definition) is 1. The molecule has 1 aromatic rings. The van der Waals surface area contributed by atoms with Crippen LogP contribution in [0.5, 0.6) is 0 Å². The predicted octanol–water partition coefficient (Wildman–Crippen LogP) is 2.38. The molecule has 1 aromatic carbocycles. The van der Waals surface area contributed by atoms with E-state index in [0.29, 0.717) is 6.10 Å². The van der Waals surface area contributed by atoms with Gasteiger partial charge >= 0.3 is 0 Å². The van der Waals surface area contributed by atoms with Gasteiger partial charge in [-0.2, -0.15) is 0 Å². The van der Waals surface area contributed by atoms with Crippen molar-refractivity contribution in [2.45, 2.75) is 25.9 Å². The number of benzene rings is 1. The summed E-state index contributed by atoms with van der Waals surface area (Å²) in [7, 11) is 0. The van der Waals surface area contributed by atoms with Crippen LogP contribution >= 0.6 is 0 Å². The van der Waals surface area contributed by atoms with Crippen molar-refractivity contribution < 1.29 is 4.74 Å². The summed E-state index contributed by atoms with van der Waals surface area (Å²) in [5, 5.41) is 3.57. The molecule has 2 aliphatic heterocycles. The smallest absolute Gasteiger partial charge is 0.0700 e. The minimum absolute atomic E-state index is 0.442. The Bertz CT molecular complexity index is 421. The van der Waals surface area contributed by atoms with Crippen molar-refractivity contribution >= 4 is 5.69 Å². The first-order valence-corrected chi connectivity index (χ1v) is 7.51. The lowest BCUT2D eigenvalue weighted by atomic mass is 9.93. The van der Waals surface area contributed by atoms with Crippen LogP contribution in [0.3, 0.4) is 0 Å². The lowest BCUT2D eigenvalue weighted by Crippen LogP contribution is -2.45. The van der Waals surface area contributed by atoms with Crippen molar-refractivity contribution in [3.8, 4) is 0 Å². The van der Waals surface area contributed by atoms with Gasteiger partial charge in [-0.05, 0) is 30.4 Å². The molecule has 2 aliphatic rings. The van der Waals surface area contributed by atoms with Crippen LogP contribution in [0.25, 0.3) is 0 Å². The van der Waals surface area contributed by atoms with E-state index >= 15 is 0 Å². The van der Waals surface area contributed by atoms with Gasteiger partial charge in [-0.1, -0.05) is 25.1 Å². The van der Waals surface area contributed by atoms with Crippen LogP contribution in [0.1, 0.15) is 18.9 Å². The Morgan fingerprint density at radius 3 is 3.16 bits per heavy atom. The minimum Gasteiger partial charge on any atom is -0.384 e. The van der Waals surface area contributed by atoms with Gasteiger partial charge in [0.1, 0.15) is 0 Å². The van der Waals surface area contributed by atoms with Crippen molar-refractivity contribution in [1.29, 1.82) is 0 Å². The summed E-state index contributed by atoms with van der Waals surface area (Å²) in [6.07, 6.45) is 2.78. The molecule has 0 aromatic heterocycles. The number of ether oxygens (including phenoxy) is 1. The topological polar surface area (TPSA) is 24.5 Å². The fourth-order valence-corrected chi connectivity index (χ4v) is 3.20. The van der Waals surface area contributed by atoms with Gasteiger partial charge in [-0.3, -0.25) is 4.90 Å². The van der Waals surface area contributed by atoms with E-state index in [2.05, 4.69) is 41.4 Å². The Morgan fingerprint density at radius 1 is 1.37 bits per heavy atom. The van der Waals surface area contributed by atoms with Gasteiger partial charge in [0, 0.05) is 31.9 Å². The summed E-state index contributed by atoms with van der Waals surface area (Å²) in [6, 6.07) is 8.70. The quantitative estimate of drug-likeness (QED) is 0.903. The van der Waals surface area contributed by atoms with Crippen LogP contribution in [-0.4, -0.2) is 43.8 Å². The Kier molecular flexibility index (Phi) is 4.04. The van der Waals surface area contributed by atoms with Crippen molar-refractivity contribution in [2.75, 3.05) is 38.1 Å². The first-order chi connectivity index (χ1) is 9.35. The number of anilines is 1. The average Bonchev–Trinajstić information content (AvgIpc) is 2.47. The van der Waals surface area contributed by atoms with E-state index in [-0.39, 0.29) is 0 Å². The zero-order valence-corrected chi connectivity index (χ0v) is 11.8. The van der Waals surface area contributed by atoms with Gasteiger partial charge in [0.05, 0.1) is 12.7 Å². The van der Waals surface area contributed by atoms with E-state index in [4.69, 9.17) is 4.74 Å². The van der Waals surface area contributed by atoms with Gasteiger partial charge in [-0.15, -0.1) is 0 Å². The molecule has 104 valence electrons. The number of nitrogens with one attached hydrogen (secondary N) is 1. The molecule has 3 nitrogen and oxygen atoms in total. The molecule has 0 spiro atoms. The molecule has 3 heteroatoms. The maximum Gasteiger partial charge on any atom is 0.0700 e. The summed E-state index contributed by atoms with van der Waals surface area (Å²) in [4.78, 5) is 2.58. The molecule has 3 rings (SSSR count). The average molecular weight is 260 g/mol. The number of nitrogens with zero attached hydrogens (tertiary/aromatic N) is 1. The Hall–Kier alpha value is -1.06. The summed E-state index contributed by atoms with van der Waals surface area (Å²) >= 11 is 0. The molecular weight excluding hydrogens is 236 g/mol. The number of rotatable bonds is 3. The zero-order chi connectivity index (χ0) is 13.1. The van der Waals surface area contributed by atoms with Crippen LogP contribution in [-0.2, 0) is 11.2 Å². The largest absolute Gasteiger partial charge is 0.384 e. The third kappa shape index (κ3) is 3.10. The Labute approximate surface area is 115 Å². The van der Waals surface area contributed by atoms with Crippen molar-refractivity contribution in [3.63, 3.8) is 0 Å². The Morgan fingerprint density at radius 2 is 2.26 bits per heavy atom. The van der Waals surface area contributed by atoms with Crippen molar-refractivity contribution in [1.82, 2.24) is 4.90 Å². The van der Waals surface area contributed by atoms with E-state index in [1.807, 2.05) is 0 Å². The molecule has 0 bridgehead atoms. The van der Waals surface area contributed by atoms with Crippen molar-refractivity contribution in [2.24, 2.45) is 5.92 Å². The molecule has 19 heavy (non-hydrogen) atoms. The SMILES string of the molecule is CCC1CN(CC2CNc3ccccc3C2)CCO1. The molecule has 0 radical (unpaired) electrons. The monoisotopic (exact) mass is 260 g/mol. The molecule has 2 unspecified atom stereocenters. The van der Waals surface area contributed by atoms with Crippen LogP contribution in [0.4, 0.5) is 5.69 Å². The second-order valence-electron chi connectivity index (χ2n) is 5.77. The molecule has 1 fully saturated rings. The van der Waals surface area contributed by atoms with E-state index in [1.165, 1.54) is 24.2 Å². The van der Waals surface area contributed by atoms with Gasteiger partial charge in [0.25, 0.3) is 0 Å². The normalized spacial score (nSPS) is 27.6. The fourth-order valence-electron chi connectivity index (χ4n) is 3.20. The molecule has 1 N–H and O–H groups in total. The zero-order valence-electron chi connectivity index (χ0n) is 11.8. The maximum atomic E-state index is 5.75. The highest BCUT2D eigenvalue weighted by Crippen LogP contribution is 2.25. The highest BCUT2D eigenvalue weighted by molar-refractivity contribution is 5.53. The Balaban J connectivity index is 1.57. The lowest BCUT2D eigenvalue weighted by Gasteiger charge is -2.36. The molecule has 0 amide bonds. The van der Waals surface area contributed by atoms with Crippen LogP contribution in [0.2, 0.25) is 0 Å². The first kappa shape index (κ1) is 12.9. The molecule has 1 saturated heterocycles. The van der Waals surface area contributed by atoms with E-state index in [9.17, 15) is 0 Å². The highest BCUT2D eigenvalue weighted by Gasteiger charge is 2.24.